The fraction of sp³-hybridized carbons (Fsp3) is 0.333. The first-order valence-electron chi connectivity index (χ1n) is 3.74. The quantitative estimate of drug-likeness (QED) is 0.677. The van der Waals surface area contributed by atoms with Gasteiger partial charge in [-0.1, -0.05) is 25.5 Å². The third-order valence-electron chi connectivity index (χ3n) is 1.55. The van der Waals surface area contributed by atoms with Crippen molar-refractivity contribution in [3.05, 3.63) is 29.8 Å². The molecule has 0 aromatic heterocycles. The predicted molar refractivity (Wildman–Crippen MR) is 46.9 cm³/mol. The van der Waals surface area contributed by atoms with Gasteiger partial charge in [0.1, 0.15) is 17.6 Å². The van der Waals surface area contributed by atoms with E-state index >= 15 is 0 Å². The zero-order chi connectivity index (χ0) is 8.10. The molecule has 0 amide bonds. The van der Waals surface area contributed by atoms with Crippen LogP contribution in [0.1, 0.15) is 18.9 Å². The van der Waals surface area contributed by atoms with E-state index < -0.39 is 0 Å². The molecule has 0 bridgehead atoms. The minimum atomic E-state index is 0.700. The molecule has 0 spiro atoms. The molecule has 0 saturated carbocycles. The monoisotopic (exact) mass is 170 g/mol. The van der Waals surface area contributed by atoms with E-state index in [1.54, 1.807) is 0 Å². The highest BCUT2D eigenvalue weighted by Crippen LogP contribution is 2.13. The van der Waals surface area contributed by atoms with Gasteiger partial charge >= 0.3 is 0 Å². The van der Waals surface area contributed by atoms with Crippen molar-refractivity contribution >= 4 is 11.9 Å². The van der Waals surface area contributed by atoms with Gasteiger partial charge in [-0.25, -0.2) is 0 Å². The largest absolute Gasteiger partial charge is 0.386 e. The maximum Gasteiger partial charge on any atom is 0.146 e. The number of hydrogen-bond acceptors (Lipinski definition) is 1. The molecule has 60 valence electrons. The van der Waals surface area contributed by atoms with Crippen molar-refractivity contribution in [2.45, 2.75) is 19.8 Å². The van der Waals surface area contributed by atoms with Gasteiger partial charge in [0, 0.05) is 0 Å². The number of benzene rings is 1. The zero-order valence-electron chi connectivity index (χ0n) is 6.51. The van der Waals surface area contributed by atoms with Crippen LogP contribution in [0.3, 0.4) is 0 Å². The lowest BCUT2D eigenvalue weighted by atomic mass is 10.1. The lowest BCUT2D eigenvalue weighted by Gasteiger charge is -1.98. The molecule has 0 unspecified atom stereocenters. The van der Waals surface area contributed by atoms with Crippen LogP contribution in [0.15, 0.2) is 24.3 Å². The summed E-state index contributed by atoms with van der Waals surface area (Å²) in [6.45, 7) is 2.16. The van der Waals surface area contributed by atoms with Crippen LogP contribution in [0.4, 0.5) is 0 Å². The van der Waals surface area contributed by atoms with E-state index in [0.29, 0.717) is 5.75 Å². The zero-order valence-corrected chi connectivity index (χ0v) is 7.27. The van der Waals surface area contributed by atoms with Gasteiger partial charge in [0.2, 0.25) is 0 Å². The average Bonchev–Trinajstić information content (AvgIpc) is 2.07. The molecule has 0 atom stereocenters. The normalized spacial score (nSPS) is 9.64. The van der Waals surface area contributed by atoms with E-state index in [-0.39, 0.29) is 0 Å². The molecule has 2 heteroatoms. The number of aryl methyl sites for hydroxylation is 1. The van der Waals surface area contributed by atoms with Crippen LogP contribution in [0.25, 0.3) is 0 Å². The summed E-state index contributed by atoms with van der Waals surface area (Å²) in [6.07, 6.45) is 2.28. The second-order valence-electron chi connectivity index (χ2n) is 2.47. The molecule has 0 aliphatic carbocycles. The van der Waals surface area contributed by atoms with Gasteiger partial charge in [-0.15, -0.1) is 0 Å². The lowest BCUT2D eigenvalue weighted by Crippen LogP contribution is -1.82. The first kappa shape index (κ1) is 8.41. The molecule has 11 heavy (non-hydrogen) atoms. The Balaban J connectivity index is 2.66. The molecule has 0 saturated heterocycles. The van der Waals surface area contributed by atoms with Crippen LogP contribution in [0.2, 0.25) is 0 Å². The molecule has 0 fully saturated rings. The highest BCUT2D eigenvalue weighted by molar-refractivity contribution is 6.09. The highest BCUT2D eigenvalue weighted by atomic mass is 35.5. The Morgan fingerprint density at radius 3 is 2.36 bits per heavy atom. The van der Waals surface area contributed by atoms with E-state index in [2.05, 4.69) is 11.2 Å². The van der Waals surface area contributed by atoms with Crippen molar-refractivity contribution in [3.8, 4) is 5.75 Å². The van der Waals surface area contributed by atoms with E-state index in [4.69, 9.17) is 11.9 Å². The topological polar surface area (TPSA) is 9.23 Å². The molecule has 0 aliphatic heterocycles. The third-order valence-corrected chi connectivity index (χ3v) is 1.73. The SMILES string of the molecule is CCCc1ccc(OCl)cc1. The second kappa shape index (κ2) is 4.24. The fourth-order valence-corrected chi connectivity index (χ4v) is 1.10. The average molecular weight is 171 g/mol. The molecule has 0 aliphatic rings. The van der Waals surface area contributed by atoms with Gasteiger partial charge in [0.15, 0.2) is 0 Å². The number of hydrogen-bond donors (Lipinski definition) is 0. The van der Waals surface area contributed by atoms with Gasteiger partial charge < -0.3 is 4.29 Å². The molecular weight excluding hydrogens is 160 g/mol. The van der Waals surface area contributed by atoms with Crippen molar-refractivity contribution in [2.24, 2.45) is 0 Å². The molecule has 1 aromatic carbocycles. The summed E-state index contributed by atoms with van der Waals surface area (Å²) < 4.78 is 4.52. The third kappa shape index (κ3) is 2.43. The Kier molecular flexibility index (Phi) is 3.24. The van der Waals surface area contributed by atoms with E-state index in [1.807, 2.05) is 24.3 Å². The minimum Gasteiger partial charge on any atom is -0.386 e. The number of rotatable bonds is 3. The number of halogens is 1. The Bertz CT molecular complexity index is 205. The van der Waals surface area contributed by atoms with Crippen molar-refractivity contribution < 1.29 is 4.29 Å². The van der Waals surface area contributed by atoms with Crippen molar-refractivity contribution in [1.82, 2.24) is 0 Å². The first-order chi connectivity index (χ1) is 5.36. The molecule has 1 aromatic rings. The van der Waals surface area contributed by atoms with Gasteiger partial charge in [0.25, 0.3) is 0 Å². The van der Waals surface area contributed by atoms with E-state index in [1.165, 1.54) is 12.0 Å². The Hall–Kier alpha value is -0.690. The van der Waals surface area contributed by atoms with Crippen LogP contribution in [0.5, 0.6) is 5.75 Å². The summed E-state index contributed by atoms with van der Waals surface area (Å²) in [5, 5.41) is 0. The first-order valence-corrected chi connectivity index (χ1v) is 4.05. The highest BCUT2D eigenvalue weighted by Gasteiger charge is 1.92. The van der Waals surface area contributed by atoms with Crippen LogP contribution in [-0.4, -0.2) is 0 Å². The van der Waals surface area contributed by atoms with E-state index in [0.717, 1.165) is 6.42 Å². The van der Waals surface area contributed by atoms with Crippen LogP contribution in [-0.2, 0) is 6.42 Å². The van der Waals surface area contributed by atoms with Gasteiger partial charge in [-0.05, 0) is 24.1 Å². The molecular formula is C9H11ClO. The summed E-state index contributed by atoms with van der Waals surface area (Å²) in [4.78, 5) is 0. The van der Waals surface area contributed by atoms with Crippen molar-refractivity contribution in [2.75, 3.05) is 0 Å². The fourth-order valence-electron chi connectivity index (χ4n) is 0.996. The standard InChI is InChI=1S/C9H11ClO/c1-2-3-8-4-6-9(11-10)7-5-8/h4-7H,2-3H2,1H3. The second-order valence-corrected chi connectivity index (χ2v) is 2.63. The molecule has 0 radical (unpaired) electrons. The molecule has 1 nitrogen and oxygen atoms in total. The van der Waals surface area contributed by atoms with Crippen molar-refractivity contribution in [1.29, 1.82) is 0 Å². The Labute approximate surface area is 72.1 Å². The smallest absolute Gasteiger partial charge is 0.146 e. The maximum atomic E-state index is 5.16. The van der Waals surface area contributed by atoms with Gasteiger partial charge in [-0.2, -0.15) is 0 Å². The Morgan fingerprint density at radius 1 is 1.27 bits per heavy atom. The lowest BCUT2D eigenvalue weighted by molar-refractivity contribution is 0.618. The predicted octanol–water partition coefficient (Wildman–Crippen LogP) is 3.17. The maximum absolute atomic E-state index is 5.16. The van der Waals surface area contributed by atoms with Gasteiger partial charge in [0.05, 0.1) is 0 Å². The van der Waals surface area contributed by atoms with Crippen molar-refractivity contribution in [3.63, 3.8) is 0 Å². The summed E-state index contributed by atoms with van der Waals surface area (Å²) in [7, 11) is 0. The summed E-state index contributed by atoms with van der Waals surface area (Å²) in [5.74, 6) is 0.700. The summed E-state index contributed by atoms with van der Waals surface area (Å²) >= 11 is 5.16. The van der Waals surface area contributed by atoms with Crippen LogP contribution < -0.4 is 4.29 Å². The van der Waals surface area contributed by atoms with Crippen LogP contribution >= 0.6 is 11.9 Å². The molecule has 0 N–H and O–H groups in total. The molecule has 1 rings (SSSR count). The molecule has 0 heterocycles. The van der Waals surface area contributed by atoms with Gasteiger partial charge in [-0.3, -0.25) is 0 Å². The summed E-state index contributed by atoms with van der Waals surface area (Å²) in [6, 6.07) is 7.80. The Morgan fingerprint density at radius 2 is 1.91 bits per heavy atom. The minimum absolute atomic E-state index is 0.700. The van der Waals surface area contributed by atoms with Crippen LogP contribution in [0, 0.1) is 0 Å². The van der Waals surface area contributed by atoms with E-state index in [9.17, 15) is 0 Å². The summed E-state index contributed by atoms with van der Waals surface area (Å²) in [5.41, 5.74) is 1.32.